The number of hydrogen-bond acceptors (Lipinski definition) is 3. The third kappa shape index (κ3) is 4.29. The molecule has 1 heterocycles. The van der Waals surface area contributed by atoms with Crippen molar-refractivity contribution >= 4 is 0 Å². The van der Waals surface area contributed by atoms with E-state index in [9.17, 15) is 5.11 Å². The molecule has 0 bridgehead atoms. The molecule has 1 aromatic rings. The quantitative estimate of drug-likeness (QED) is 0.874. The van der Waals surface area contributed by atoms with Gasteiger partial charge in [0.25, 0.3) is 0 Å². The predicted octanol–water partition coefficient (Wildman–Crippen LogP) is 2.55. The molecule has 0 spiro atoms. The molecular weight excluding hydrogens is 260 g/mol. The first-order chi connectivity index (χ1) is 10.2. The molecule has 0 radical (unpaired) electrons. The molecule has 0 amide bonds. The van der Waals surface area contributed by atoms with E-state index in [0.717, 1.165) is 39.0 Å². The molecule has 1 aliphatic carbocycles. The van der Waals surface area contributed by atoms with Gasteiger partial charge in [-0.3, -0.25) is 4.90 Å². The van der Waals surface area contributed by atoms with Crippen molar-refractivity contribution in [2.45, 2.75) is 56.7 Å². The van der Waals surface area contributed by atoms with Gasteiger partial charge in [0.2, 0.25) is 0 Å². The topological polar surface area (TPSA) is 35.5 Å². The zero-order chi connectivity index (χ0) is 14.5. The number of benzene rings is 1. The Labute approximate surface area is 128 Å². The van der Waals surface area contributed by atoms with E-state index >= 15 is 0 Å². The Morgan fingerprint density at radius 3 is 2.43 bits per heavy atom. The summed E-state index contributed by atoms with van der Waals surface area (Å²) < 4.78 is 0. The number of hydrogen-bond donors (Lipinski definition) is 2. The molecule has 3 nitrogen and oxygen atoms in total. The SMILES string of the molecule is OC1(CNC2CCN(Cc3ccccc3)CC2)CCCC1. The molecule has 3 rings (SSSR count). The number of aliphatic hydroxyl groups is 1. The van der Waals surface area contributed by atoms with Crippen LogP contribution in [0.15, 0.2) is 30.3 Å². The maximum atomic E-state index is 10.4. The second kappa shape index (κ2) is 6.91. The fraction of sp³-hybridized carbons (Fsp3) is 0.667. The maximum Gasteiger partial charge on any atom is 0.0771 e. The molecule has 1 saturated heterocycles. The summed E-state index contributed by atoms with van der Waals surface area (Å²) in [5, 5.41) is 14.0. The fourth-order valence-corrected chi connectivity index (χ4v) is 3.68. The lowest BCUT2D eigenvalue weighted by molar-refractivity contribution is 0.0415. The molecule has 2 aliphatic rings. The van der Waals surface area contributed by atoms with Gasteiger partial charge in [-0.1, -0.05) is 43.2 Å². The Morgan fingerprint density at radius 2 is 1.76 bits per heavy atom. The highest BCUT2D eigenvalue weighted by atomic mass is 16.3. The van der Waals surface area contributed by atoms with E-state index in [2.05, 4.69) is 40.5 Å². The molecule has 1 aliphatic heterocycles. The Kier molecular flexibility index (Phi) is 4.94. The molecule has 1 aromatic carbocycles. The highest BCUT2D eigenvalue weighted by Crippen LogP contribution is 2.29. The molecule has 0 unspecified atom stereocenters. The van der Waals surface area contributed by atoms with Gasteiger partial charge >= 0.3 is 0 Å². The standard InChI is InChI=1S/C18H28N2O/c21-18(10-4-5-11-18)15-19-17-8-12-20(13-9-17)14-16-6-2-1-3-7-16/h1-3,6-7,17,19,21H,4-5,8-15H2. The largest absolute Gasteiger partial charge is 0.389 e. The Hall–Kier alpha value is -0.900. The normalized spacial score (nSPS) is 23.5. The second-order valence-electron chi connectivity index (χ2n) is 6.85. The van der Waals surface area contributed by atoms with Crippen molar-refractivity contribution in [1.29, 1.82) is 0 Å². The third-order valence-electron chi connectivity index (χ3n) is 5.09. The zero-order valence-electron chi connectivity index (χ0n) is 12.9. The first-order valence-electron chi connectivity index (χ1n) is 8.46. The number of rotatable bonds is 5. The Morgan fingerprint density at radius 1 is 1.10 bits per heavy atom. The first-order valence-corrected chi connectivity index (χ1v) is 8.46. The van der Waals surface area contributed by atoms with Gasteiger partial charge in [-0.2, -0.15) is 0 Å². The van der Waals surface area contributed by atoms with Crippen molar-refractivity contribution in [3.8, 4) is 0 Å². The summed E-state index contributed by atoms with van der Waals surface area (Å²) >= 11 is 0. The van der Waals surface area contributed by atoms with Crippen LogP contribution >= 0.6 is 0 Å². The van der Waals surface area contributed by atoms with Crippen LogP contribution in [0.3, 0.4) is 0 Å². The van der Waals surface area contributed by atoms with Gasteiger partial charge in [-0.15, -0.1) is 0 Å². The summed E-state index contributed by atoms with van der Waals surface area (Å²) in [5.41, 5.74) is 0.991. The number of likely N-dealkylation sites (tertiary alicyclic amines) is 1. The van der Waals surface area contributed by atoms with E-state index in [1.54, 1.807) is 0 Å². The van der Waals surface area contributed by atoms with E-state index in [1.165, 1.54) is 31.2 Å². The van der Waals surface area contributed by atoms with Crippen molar-refractivity contribution in [2.75, 3.05) is 19.6 Å². The molecule has 0 atom stereocenters. The van der Waals surface area contributed by atoms with Crippen molar-refractivity contribution in [1.82, 2.24) is 10.2 Å². The molecule has 0 aromatic heterocycles. The summed E-state index contributed by atoms with van der Waals surface area (Å²) in [6.07, 6.45) is 6.73. The van der Waals surface area contributed by atoms with E-state index in [4.69, 9.17) is 0 Å². The van der Waals surface area contributed by atoms with Gasteiger partial charge < -0.3 is 10.4 Å². The Balaban J connectivity index is 1.39. The fourth-order valence-electron chi connectivity index (χ4n) is 3.68. The van der Waals surface area contributed by atoms with Crippen LogP contribution in [0.4, 0.5) is 0 Å². The molecule has 2 fully saturated rings. The lowest BCUT2D eigenvalue weighted by atomic mass is 9.99. The van der Waals surface area contributed by atoms with Crippen LogP contribution < -0.4 is 5.32 Å². The van der Waals surface area contributed by atoms with E-state index in [1.807, 2.05) is 0 Å². The van der Waals surface area contributed by atoms with Gasteiger partial charge in [0.15, 0.2) is 0 Å². The summed E-state index contributed by atoms with van der Waals surface area (Å²) in [5.74, 6) is 0. The molecule has 21 heavy (non-hydrogen) atoms. The predicted molar refractivity (Wildman–Crippen MR) is 86.2 cm³/mol. The minimum atomic E-state index is -0.416. The van der Waals surface area contributed by atoms with Gasteiger partial charge in [0.1, 0.15) is 0 Å². The van der Waals surface area contributed by atoms with E-state index in [-0.39, 0.29) is 0 Å². The highest BCUT2D eigenvalue weighted by Gasteiger charge is 2.31. The molecule has 116 valence electrons. The average Bonchev–Trinajstić information content (AvgIpc) is 2.95. The zero-order valence-corrected chi connectivity index (χ0v) is 12.9. The average molecular weight is 288 g/mol. The number of nitrogens with one attached hydrogen (secondary N) is 1. The summed E-state index contributed by atoms with van der Waals surface area (Å²) in [7, 11) is 0. The smallest absolute Gasteiger partial charge is 0.0771 e. The third-order valence-corrected chi connectivity index (χ3v) is 5.09. The highest BCUT2D eigenvalue weighted by molar-refractivity contribution is 5.14. The Bertz CT molecular complexity index is 420. The van der Waals surface area contributed by atoms with Crippen LogP contribution in [-0.4, -0.2) is 41.3 Å². The summed E-state index contributed by atoms with van der Waals surface area (Å²) in [4.78, 5) is 2.54. The number of piperidine rings is 1. The van der Waals surface area contributed by atoms with Crippen LogP contribution in [0.1, 0.15) is 44.1 Å². The van der Waals surface area contributed by atoms with Crippen LogP contribution in [0.5, 0.6) is 0 Å². The molecule has 1 saturated carbocycles. The first kappa shape index (κ1) is 15.0. The lowest BCUT2D eigenvalue weighted by Gasteiger charge is -2.34. The molecule has 3 heteroatoms. The number of nitrogens with zero attached hydrogens (tertiary/aromatic N) is 1. The summed E-state index contributed by atoms with van der Waals surface area (Å²) in [6, 6.07) is 11.3. The maximum absolute atomic E-state index is 10.4. The van der Waals surface area contributed by atoms with Crippen LogP contribution in [-0.2, 0) is 6.54 Å². The van der Waals surface area contributed by atoms with Gasteiger partial charge in [0.05, 0.1) is 5.60 Å². The van der Waals surface area contributed by atoms with Gasteiger partial charge in [0, 0.05) is 19.1 Å². The van der Waals surface area contributed by atoms with Crippen LogP contribution in [0, 0.1) is 0 Å². The summed E-state index contributed by atoms with van der Waals surface area (Å²) in [6.45, 7) is 4.17. The van der Waals surface area contributed by atoms with Crippen molar-refractivity contribution in [3.05, 3.63) is 35.9 Å². The minimum Gasteiger partial charge on any atom is -0.389 e. The molecular formula is C18H28N2O. The monoisotopic (exact) mass is 288 g/mol. The van der Waals surface area contributed by atoms with Gasteiger partial charge in [-0.25, -0.2) is 0 Å². The minimum absolute atomic E-state index is 0.416. The second-order valence-corrected chi connectivity index (χ2v) is 6.85. The van der Waals surface area contributed by atoms with Crippen molar-refractivity contribution in [2.24, 2.45) is 0 Å². The van der Waals surface area contributed by atoms with Gasteiger partial charge in [-0.05, 0) is 44.3 Å². The molecule has 2 N–H and O–H groups in total. The van der Waals surface area contributed by atoms with Crippen molar-refractivity contribution < 1.29 is 5.11 Å². The van der Waals surface area contributed by atoms with Crippen molar-refractivity contribution in [3.63, 3.8) is 0 Å². The van der Waals surface area contributed by atoms with Crippen LogP contribution in [0.2, 0.25) is 0 Å². The van der Waals surface area contributed by atoms with Crippen LogP contribution in [0.25, 0.3) is 0 Å². The van der Waals surface area contributed by atoms with E-state index < -0.39 is 5.60 Å². The van der Waals surface area contributed by atoms with E-state index in [0.29, 0.717) is 6.04 Å². The lowest BCUT2D eigenvalue weighted by Crippen LogP contribution is -2.47.